The van der Waals surface area contributed by atoms with Crippen LogP contribution >= 0.6 is 11.3 Å². The molecule has 32 heavy (non-hydrogen) atoms. The van der Waals surface area contributed by atoms with Crippen molar-refractivity contribution in [2.75, 3.05) is 13.7 Å². The second-order valence-corrected chi connectivity index (χ2v) is 8.31. The van der Waals surface area contributed by atoms with E-state index in [0.29, 0.717) is 45.9 Å². The van der Waals surface area contributed by atoms with Crippen LogP contribution in [-0.4, -0.2) is 52.6 Å². The van der Waals surface area contributed by atoms with Crippen LogP contribution in [0.1, 0.15) is 29.8 Å². The van der Waals surface area contributed by atoms with Gasteiger partial charge in [-0.3, -0.25) is 14.9 Å². The molecular formula is C21H24FN7O2S. The molecule has 1 unspecified atom stereocenters. The zero-order valence-corrected chi connectivity index (χ0v) is 18.3. The quantitative estimate of drug-likeness (QED) is 0.433. The molecule has 4 rings (SSSR count). The standard InChI is InChI=1S/C21H24FN7O2S/c1-25-19(18-3-2-12(24)4-5-31-18)16(8-23)27-20(30)17-10-32-21(28-17)13-7-15-11(6-14(13)22)9-26-29-15/h6-10,12,18H,2-5,23-24H2,1H3,(H,26,29)(H,27,30)/t12-,18?/m1/s1. The summed E-state index contributed by atoms with van der Waals surface area (Å²) in [7, 11) is 1.62. The third kappa shape index (κ3) is 4.54. The van der Waals surface area contributed by atoms with E-state index in [-0.39, 0.29) is 17.8 Å². The average Bonchev–Trinajstić information content (AvgIpc) is 3.40. The van der Waals surface area contributed by atoms with Crippen molar-refractivity contribution in [1.29, 1.82) is 0 Å². The Morgan fingerprint density at radius 2 is 2.25 bits per heavy atom. The molecule has 9 nitrogen and oxygen atoms in total. The second kappa shape index (κ2) is 9.55. The number of rotatable bonds is 5. The lowest BCUT2D eigenvalue weighted by molar-refractivity contribution is 0.0956. The molecule has 3 heterocycles. The van der Waals surface area contributed by atoms with Crippen molar-refractivity contribution in [2.45, 2.75) is 31.4 Å². The molecule has 1 aromatic carbocycles. The maximum Gasteiger partial charge on any atom is 0.275 e. The van der Waals surface area contributed by atoms with E-state index in [1.54, 1.807) is 24.7 Å². The summed E-state index contributed by atoms with van der Waals surface area (Å²) in [5, 5.41) is 12.1. The maximum atomic E-state index is 14.5. The van der Waals surface area contributed by atoms with Gasteiger partial charge in [0.1, 0.15) is 22.6 Å². The van der Waals surface area contributed by atoms with E-state index in [1.165, 1.54) is 23.6 Å². The van der Waals surface area contributed by atoms with Crippen LogP contribution in [0.15, 0.2) is 40.6 Å². The number of nitrogens with two attached hydrogens (primary N) is 2. The number of amides is 1. The van der Waals surface area contributed by atoms with Gasteiger partial charge in [-0.2, -0.15) is 5.10 Å². The summed E-state index contributed by atoms with van der Waals surface area (Å²) < 4.78 is 20.4. The summed E-state index contributed by atoms with van der Waals surface area (Å²) >= 11 is 1.17. The van der Waals surface area contributed by atoms with Gasteiger partial charge in [0.25, 0.3) is 5.91 Å². The van der Waals surface area contributed by atoms with E-state index in [0.717, 1.165) is 12.8 Å². The molecular weight excluding hydrogens is 433 g/mol. The number of fused-ring (bicyclic) bond motifs is 1. The molecule has 2 aromatic heterocycles. The van der Waals surface area contributed by atoms with Crippen LogP contribution in [0, 0.1) is 5.82 Å². The summed E-state index contributed by atoms with van der Waals surface area (Å²) in [6.45, 7) is 0.512. The largest absolute Gasteiger partial charge is 0.403 e. The van der Waals surface area contributed by atoms with Crippen LogP contribution in [-0.2, 0) is 4.74 Å². The number of aromatic amines is 1. The molecule has 1 saturated heterocycles. The Hall–Kier alpha value is -3.15. The first-order chi connectivity index (χ1) is 15.5. The number of halogens is 1. The fourth-order valence-corrected chi connectivity index (χ4v) is 4.43. The van der Waals surface area contributed by atoms with Gasteiger partial charge in [0, 0.05) is 42.2 Å². The molecule has 3 aromatic rings. The van der Waals surface area contributed by atoms with Gasteiger partial charge in [0.2, 0.25) is 0 Å². The van der Waals surface area contributed by atoms with Gasteiger partial charge in [-0.25, -0.2) is 9.37 Å². The minimum absolute atomic E-state index is 0.0767. The minimum Gasteiger partial charge on any atom is -0.403 e. The van der Waals surface area contributed by atoms with Crippen molar-refractivity contribution in [3.8, 4) is 10.6 Å². The maximum absolute atomic E-state index is 14.5. The van der Waals surface area contributed by atoms with Crippen molar-refractivity contribution in [3.05, 3.63) is 47.1 Å². The van der Waals surface area contributed by atoms with Gasteiger partial charge in [0.05, 0.1) is 23.1 Å². The molecule has 1 aliphatic rings. The first-order valence-electron chi connectivity index (χ1n) is 10.2. The lowest BCUT2D eigenvalue weighted by Gasteiger charge is -2.20. The van der Waals surface area contributed by atoms with Gasteiger partial charge in [-0.1, -0.05) is 0 Å². The molecule has 0 radical (unpaired) electrons. The Labute approximate surface area is 187 Å². The predicted octanol–water partition coefficient (Wildman–Crippen LogP) is 2.32. The molecule has 6 N–H and O–H groups in total. The van der Waals surface area contributed by atoms with E-state index in [1.807, 2.05) is 0 Å². The van der Waals surface area contributed by atoms with Crippen molar-refractivity contribution in [3.63, 3.8) is 0 Å². The van der Waals surface area contributed by atoms with Crippen LogP contribution in [0.4, 0.5) is 4.39 Å². The number of carbonyl (C=O) groups is 1. The Bertz CT molecular complexity index is 1190. The number of carbonyl (C=O) groups excluding carboxylic acids is 1. The molecule has 168 valence electrons. The molecule has 0 aliphatic carbocycles. The Morgan fingerprint density at radius 3 is 3.03 bits per heavy atom. The number of H-pyrrole nitrogens is 1. The zero-order chi connectivity index (χ0) is 22.7. The number of nitrogens with zero attached hydrogens (tertiary/aromatic N) is 3. The number of hydrogen-bond acceptors (Lipinski definition) is 8. The van der Waals surface area contributed by atoms with Crippen molar-refractivity contribution < 1.29 is 13.9 Å². The highest BCUT2D eigenvalue weighted by Crippen LogP contribution is 2.29. The summed E-state index contributed by atoms with van der Waals surface area (Å²) in [5.74, 6) is -0.912. The number of aromatic nitrogens is 3. The number of aliphatic imine (C=N–C) groups is 1. The number of benzene rings is 1. The fraction of sp³-hybridized carbons (Fsp3) is 0.333. The molecule has 2 atom stereocenters. The first kappa shape index (κ1) is 22.1. The van der Waals surface area contributed by atoms with Gasteiger partial charge in [-0.15, -0.1) is 11.3 Å². The fourth-order valence-electron chi connectivity index (χ4n) is 3.62. The van der Waals surface area contributed by atoms with E-state index < -0.39 is 11.7 Å². The molecule has 0 bridgehead atoms. The number of hydrogen-bond donors (Lipinski definition) is 4. The third-order valence-corrected chi connectivity index (χ3v) is 6.21. The third-order valence-electron chi connectivity index (χ3n) is 5.34. The minimum atomic E-state index is -0.473. The number of ether oxygens (including phenoxy) is 1. The van der Waals surface area contributed by atoms with Crippen LogP contribution in [0.5, 0.6) is 0 Å². The number of thiazole rings is 1. The Kier molecular flexibility index (Phi) is 6.58. The lowest BCUT2D eigenvalue weighted by atomic mass is 10.0. The first-order valence-corrected chi connectivity index (χ1v) is 11.0. The summed E-state index contributed by atoms with van der Waals surface area (Å²) in [6, 6.07) is 3.08. The highest BCUT2D eigenvalue weighted by Gasteiger charge is 2.26. The van der Waals surface area contributed by atoms with Gasteiger partial charge in [-0.05, 0) is 31.4 Å². The summed E-state index contributed by atoms with van der Waals surface area (Å²) in [4.78, 5) is 21.5. The van der Waals surface area contributed by atoms with E-state index in [4.69, 9.17) is 16.2 Å². The molecule has 1 aliphatic heterocycles. The highest BCUT2D eigenvalue weighted by atomic mass is 32.1. The molecule has 11 heteroatoms. The van der Waals surface area contributed by atoms with Crippen molar-refractivity contribution in [2.24, 2.45) is 16.5 Å². The number of nitrogens with one attached hydrogen (secondary N) is 2. The van der Waals surface area contributed by atoms with E-state index in [2.05, 4.69) is 25.5 Å². The van der Waals surface area contributed by atoms with Crippen LogP contribution in [0.2, 0.25) is 0 Å². The summed E-state index contributed by atoms with van der Waals surface area (Å²) in [5.41, 5.74) is 13.8. The van der Waals surface area contributed by atoms with E-state index >= 15 is 0 Å². The molecule has 0 saturated carbocycles. The second-order valence-electron chi connectivity index (χ2n) is 7.46. The molecule has 1 amide bonds. The highest BCUT2D eigenvalue weighted by molar-refractivity contribution is 7.13. The van der Waals surface area contributed by atoms with Crippen LogP contribution in [0.3, 0.4) is 0 Å². The average molecular weight is 458 g/mol. The Morgan fingerprint density at radius 1 is 1.41 bits per heavy atom. The lowest BCUT2D eigenvalue weighted by Crippen LogP contribution is -2.35. The SMILES string of the molecule is CN=C(C(=CN)NC(=O)c1csc(-c2cc3[nH]ncc3cc2F)n1)C1CC[C@@H](N)CCO1. The van der Waals surface area contributed by atoms with Gasteiger partial charge in [0.15, 0.2) is 0 Å². The van der Waals surface area contributed by atoms with E-state index in [9.17, 15) is 9.18 Å². The van der Waals surface area contributed by atoms with Crippen molar-refractivity contribution in [1.82, 2.24) is 20.5 Å². The topological polar surface area (TPSA) is 144 Å². The smallest absolute Gasteiger partial charge is 0.275 e. The van der Waals surface area contributed by atoms with Gasteiger partial charge < -0.3 is 21.5 Å². The normalized spacial score (nSPS) is 20.3. The summed E-state index contributed by atoms with van der Waals surface area (Å²) in [6.07, 6.45) is 4.75. The zero-order valence-electron chi connectivity index (χ0n) is 17.5. The monoisotopic (exact) mass is 457 g/mol. The predicted molar refractivity (Wildman–Crippen MR) is 122 cm³/mol. The molecule has 0 spiro atoms. The van der Waals surface area contributed by atoms with Crippen molar-refractivity contribution >= 4 is 33.9 Å². The molecule has 1 fully saturated rings. The Balaban J connectivity index is 1.51. The van der Waals surface area contributed by atoms with Crippen LogP contribution < -0.4 is 16.8 Å². The van der Waals surface area contributed by atoms with Gasteiger partial charge >= 0.3 is 0 Å². The van der Waals surface area contributed by atoms with Crippen LogP contribution in [0.25, 0.3) is 21.5 Å².